The lowest BCUT2D eigenvalue weighted by atomic mass is 9.91. The summed E-state index contributed by atoms with van der Waals surface area (Å²) in [5.74, 6) is 1.21. The van der Waals surface area contributed by atoms with Gasteiger partial charge in [0.05, 0.1) is 0 Å². The highest BCUT2D eigenvalue weighted by Gasteiger charge is 2.26. The molecule has 0 amide bonds. The van der Waals surface area contributed by atoms with E-state index in [1.54, 1.807) is 12.1 Å². The second-order valence-electron chi connectivity index (χ2n) is 4.83. The molecule has 0 radical (unpaired) electrons. The van der Waals surface area contributed by atoms with Crippen molar-refractivity contribution in [3.05, 3.63) is 23.3 Å². The van der Waals surface area contributed by atoms with Crippen molar-refractivity contribution in [2.45, 2.75) is 32.4 Å². The van der Waals surface area contributed by atoms with Crippen LogP contribution in [-0.2, 0) is 16.9 Å². The molecule has 0 aromatic heterocycles. The van der Waals surface area contributed by atoms with Gasteiger partial charge < -0.3 is 14.3 Å². The summed E-state index contributed by atoms with van der Waals surface area (Å²) in [6.07, 6.45) is 1.73. The third-order valence-electron chi connectivity index (χ3n) is 2.94. The summed E-state index contributed by atoms with van der Waals surface area (Å²) in [5, 5.41) is 0. The van der Waals surface area contributed by atoms with E-state index in [0.29, 0.717) is 43.1 Å². The number of hydrogen-bond donors (Lipinski definition) is 0. The summed E-state index contributed by atoms with van der Waals surface area (Å²) in [5.41, 5.74) is -0.0962. The van der Waals surface area contributed by atoms with Crippen LogP contribution in [0.4, 0.5) is 4.39 Å². The number of alkyl halides is 1. The fourth-order valence-corrected chi connectivity index (χ4v) is 2.11. The van der Waals surface area contributed by atoms with Crippen LogP contribution in [0.2, 0.25) is 0 Å². The third-order valence-corrected chi connectivity index (χ3v) is 2.94. The van der Waals surface area contributed by atoms with Crippen molar-refractivity contribution in [2.24, 2.45) is 0 Å². The Kier molecular flexibility index (Phi) is 3.55. The van der Waals surface area contributed by atoms with E-state index in [0.717, 1.165) is 11.8 Å². The van der Waals surface area contributed by atoms with Crippen molar-refractivity contribution >= 4 is 6.29 Å². The minimum absolute atomic E-state index is 0.378. The Morgan fingerprint density at radius 1 is 1.28 bits per heavy atom. The van der Waals surface area contributed by atoms with Gasteiger partial charge in [-0.15, -0.1) is 0 Å². The molecular weight excluding hydrogens is 235 g/mol. The molecule has 1 heterocycles. The van der Waals surface area contributed by atoms with Gasteiger partial charge in [0.15, 0.2) is 11.5 Å². The fourth-order valence-electron chi connectivity index (χ4n) is 2.11. The number of benzene rings is 1. The summed E-state index contributed by atoms with van der Waals surface area (Å²) in [7, 11) is 0. The van der Waals surface area contributed by atoms with E-state index in [9.17, 15) is 9.18 Å². The maximum Gasteiger partial charge on any atom is 0.161 e. The standard InChI is InChI=1S/C14H17FO3/c1-14(2,15)11-9-13-12(17-6-7-18-13)8-10(11)4-3-5-16/h5,8-9H,3-4,6-7H2,1-2H3. The second-order valence-corrected chi connectivity index (χ2v) is 4.83. The molecule has 18 heavy (non-hydrogen) atoms. The number of fused-ring (bicyclic) bond motifs is 1. The Hall–Kier alpha value is -1.58. The van der Waals surface area contributed by atoms with Crippen molar-refractivity contribution in [3.8, 4) is 11.5 Å². The van der Waals surface area contributed by atoms with Gasteiger partial charge in [-0.3, -0.25) is 0 Å². The summed E-state index contributed by atoms with van der Waals surface area (Å²) in [6.45, 7) is 3.98. The first-order valence-corrected chi connectivity index (χ1v) is 6.08. The van der Waals surface area contributed by atoms with Crippen molar-refractivity contribution in [3.63, 3.8) is 0 Å². The number of carbonyl (C=O) groups excluding carboxylic acids is 1. The summed E-state index contributed by atoms with van der Waals surface area (Å²) in [4.78, 5) is 10.5. The molecule has 0 atom stereocenters. The molecule has 0 fully saturated rings. The second kappa shape index (κ2) is 4.96. The Labute approximate surface area is 106 Å². The van der Waals surface area contributed by atoms with E-state index in [2.05, 4.69) is 0 Å². The SMILES string of the molecule is CC(C)(F)c1cc2c(cc1CCC=O)OCCO2. The molecule has 0 unspecified atom stereocenters. The average Bonchev–Trinajstić information content (AvgIpc) is 2.34. The molecule has 0 saturated carbocycles. The zero-order valence-electron chi connectivity index (χ0n) is 10.7. The summed E-state index contributed by atoms with van der Waals surface area (Å²) in [6, 6.07) is 3.48. The van der Waals surface area contributed by atoms with Gasteiger partial charge in [0.25, 0.3) is 0 Å². The van der Waals surface area contributed by atoms with E-state index >= 15 is 0 Å². The minimum atomic E-state index is -1.46. The molecule has 0 saturated heterocycles. The lowest BCUT2D eigenvalue weighted by molar-refractivity contribution is -0.107. The molecule has 98 valence electrons. The van der Waals surface area contributed by atoms with Crippen LogP contribution in [0.15, 0.2) is 12.1 Å². The van der Waals surface area contributed by atoms with Gasteiger partial charge in [-0.25, -0.2) is 4.39 Å². The highest BCUT2D eigenvalue weighted by Crippen LogP contribution is 2.38. The Bertz CT molecular complexity index is 449. The number of hydrogen-bond acceptors (Lipinski definition) is 3. The highest BCUT2D eigenvalue weighted by molar-refractivity contribution is 5.53. The molecule has 0 aliphatic carbocycles. The number of rotatable bonds is 4. The Morgan fingerprint density at radius 3 is 2.44 bits per heavy atom. The average molecular weight is 252 g/mol. The summed E-state index contributed by atoms with van der Waals surface area (Å²) < 4.78 is 25.1. The number of aryl methyl sites for hydroxylation is 1. The van der Waals surface area contributed by atoms with Crippen molar-refractivity contribution in [1.29, 1.82) is 0 Å². The zero-order chi connectivity index (χ0) is 13.2. The molecule has 1 aromatic carbocycles. The quantitative estimate of drug-likeness (QED) is 0.773. The van der Waals surface area contributed by atoms with Gasteiger partial charge in [-0.2, -0.15) is 0 Å². The van der Waals surface area contributed by atoms with E-state index in [1.807, 2.05) is 0 Å². The topological polar surface area (TPSA) is 35.5 Å². The highest BCUT2D eigenvalue weighted by atomic mass is 19.1. The number of aldehydes is 1. The van der Waals surface area contributed by atoms with Crippen LogP contribution in [0.5, 0.6) is 11.5 Å². The minimum Gasteiger partial charge on any atom is -0.486 e. The van der Waals surface area contributed by atoms with Gasteiger partial charge in [0, 0.05) is 6.42 Å². The number of carbonyl (C=O) groups is 1. The van der Waals surface area contributed by atoms with Crippen molar-refractivity contribution in [2.75, 3.05) is 13.2 Å². The Morgan fingerprint density at radius 2 is 1.89 bits per heavy atom. The largest absolute Gasteiger partial charge is 0.486 e. The van der Waals surface area contributed by atoms with Crippen LogP contribution in [0.1, 0.15) is 31.4 Å². The Balaban J connectivity index is 2.44. The van der Waals surface area contributed by atoms with E-state index in [-0.39, 0.29) is 0 Å². The molecule has 2 rings (SSSR count). The smallest absolute Gasteiger partial charge is 0.161 e. The third kappa shape index (κ3) is 2.63. The van der Waals surface area contributed by atoms with E-state index < -0.39 is 5.67 Å². The van der Waals surface area contributed by atoms with Crippen LogP contribution in [0.3, 0.4) is 0 Å². The molecule has 3 nitrogen and oxygen atoms in total. The molecule has 0 N–H and O–H groups in total. The van der Waals surface area contributed by atoms with Crippen LogP contribution < -0.4 is 9.47 Å². The molecule has 0 spiro atoms. The van der Waals surface area contributed by atoms with Crippen LogP contribution in [-0.4, -0.2) is 19.5 Å². The molecule has 1 aromatic rings. The zero-order valence-corrected chi connectivity index (χ0v) is 10.7. The lowest BCUT2D eigenvalue weighted by Gasteiger charge is -2.24. The predicted molar refractivity (Wildman–Crippen MR) is 66.0 cm³/mol. The maximum absolute atomic E-state index is 14.2. The molecule has 1 aliphatic rings. The van der Waals surface area contributed by atoms with E-state index in [1.165, 1.54) is 13.8 Å². The van der Waals surface area contributed by atoms with Gasteiger partial charge >= 0.3 is 0 Å². The predicted octanol–water partition coefficient (Wildman–Crippen LogP) is 2.79. The van der Waals surface area contributed by atoms with Gasteiger partial charge in [0.1, 0.15) is 25.2 Å². The first-order valence-electron chi connectivity index (χ1n) is 6.08. The van der Waals surface area contributed by atoms with Gasteiger partial charge in [0.2, 0.25) is 0 Å². The molecule has 1 aliphatic heterocycles. The van der Waals surface area contributed by atoms with Crippen molar-refractivity contribution in [1.82, 2.24) is 0 Å². The van der Waals surface area contributed by atoms with Gasteiger partial charge in [-0.05, 0) is 43.5 Å². The van der Waals surface area contributed by atoms with Crippen LogP contribution >= 0.6 is 0 Å². The van der Waals surface area contributed by atoms with Crippen LogP contribution in [0, 0.1) is 0 Å². The normalized spacial score (nSPS) is 14.4. The summed E-state index contributed by atoms with van der Waals surface area (Å²) >= 11 is 0. The molecule has 0 bridgehead atoms. The first kappa shape index (κ1) is 12.9. The van der Waals surface area contributed by atoms with Crippen molar-refractivity contribution < 1.29 is 18.7 Å². The van der Waals surface area contributed by atoms with Crippen LogP contribution in [0.25, 0.3) is 0 Å². The molecular formula is C14H17FO3. The van der Waals surface area contributed by atoms with Gasteiger partial charge in [-0.1, -0.05) is 0 Å². The monoisotopic (exact) mass is 252 g/mol. The maximum atomic E-state index is 14.2. The first-order chi connectivity index (χ1) is 8.52. The van der Waals surface area contributed by atoms with E-state index in [4.69, 9.17) is 9.47 Å². The lowest BCUT2D eigenvalue weighted by Crippen LogP contribution is -2.19. The number of ether oxygens (including phenoxy) is 2. The molecule has 4 heteroatoms. The number of halogens is 1. The fraction of sp³-hybridized carbons (Fsp3) is 0.500.